The van der Waals surface area contributed by atoms with Crippen molar-refractivity contribution >= 4 is 34.4 Å². The van der Waals surface area contributed by atoms with E-state index in [1.165, 1.54) is 6.08 Å². The molecule has 1 amide bonds. The Bertz CT molecular complexity index is 926. The molecule has 0 aliphatic carbocycles. The van der Waals surface area contributed by atoms with E-state index < -0.39 is 0 Å². The summed E-state index contributed by atoms with van der Waals surface area (Å²) in [5.41, 5.74) is 2.81. The van der Waals surface area contributed by atoms with E-state index in [-0.39, 0.29) is 5.91 Å². The highest BCUT2D eigenvalue weighted by Crippen LogP contribution is 2.25. The average Bonchev–Trinajstić information content (AvgIpc) is 3.15. The van der Waals surface area contributed by atoms with Gasteiger partial charge in [-0.25, -0.2) is 4.98 Å². The third-order valence-electron chi connectivity index (χ3n) is 4.30. The molecule has 0 aliphatic heterocycles. The second-order valence-electron chi connectivity index (χ2n) is 6.04. The number of aryl methyl sites for hydroxylation is 1. The van der Waals surface area contributed by atoms with Crippen LogP contribution in [0.15, 0.2) is 53.2 Å². The summed E-state index contributed by atoms with van der Waals surface area (Å²) in [6.07, 6.45) is 4.67. The molecule has 0 spiro atoms. The number of nitrogens with zero attached hydrogens (tertiary/aromatic N) is 2. The first kappa shape index (κ1) is 17.7. The van der Waals surface area contributed by atoms with Crippen LogP contribution >= 0.6 is 0 Å². The number of furan rings is 1. The summed E-state index contributed by atoms with van der Waals surface area (Å²) in [7, 11) is 0. The number of benzene rings is 1. The SMILES string of the molecule is CCN(CC)c1cc(C)c2cc(NC(=O)C=Cc3ccco3)ccc2n1. The number of nitrogens with one attached hydrogen (secondary N) is 1. The minimum absolute atomic E-state index is 0.203. The number of aromatic nitrogens is 1. The normalized spacial score (nSPS) is 11.2. The molecule has 0 unspecified atom stereocenters. The van der Waals surface area contributed by atoms with Gasteiger partial charge in [-0.2, -0.15) is 0 Å². The molecule has 3 aromatic rings. The highest BCUT2D eigenvalue weighted by molar-refractivity contribution is 6.03. The maximum atomic E-state index is 12.1. The molecule has 26 heavy (non-hydrogen) atoms. The van der Waals surface area contributed by atoms with Crippen LogP contribution in [0, 0.1) is 6.92 Å². The quantitative estimate of drug-likeness (QED) is 0.659. The summed E-state index contributed by atoms with van der Waals surface area (Å²) >= 11 is 0. The first-order valence-corrected chi connectivity index (χ1v) is 8.79. The fourth-order valence-electron chi connectivity index (χ4n) is 2.89. The topological polar surface area (TPSA) is 58.4 Å². The highest BCUT2D eigenvalue weighted by atomic mass is 16.3. The number of hydrogen-bond acceptors (Lipinski definition) is 4. The van der Waals surface area contributed by atoms with Crippen LogP contribution in [0.1, 0.15) is 25.2 Å². The molecular formula is C21H23N3O2. The van der Waals surface area contributed by atoms with Crippen molar-refractivity contribution in [1.82, 2.24) is 4.98 Å². The second-order valence-corrected chi connectivity index (χ2v) is 6.04. The third kappa shape index (κ3) is 3.94. The van der Waals surface area contributed by atoms with E-state index in [2.05, 4.69) is 37.1 Å². The largest absolute Gasteiger partial charge is 0.465 e. The van der Waals surface area contributed by atoms with Crippen LogP contribution in [-0.4, -0.2) is 24.0 Å². The van der Waals surface area contributed by atoms with Crippen molar-refractivity contribution in [2.75, 3.05) is 23.3 Å². The van der Waals surface area contributed by atoms with E-state index in [0.29, 0.717) is 5.76 Å². The number of fused-ring (bicyclic) bond motifs is 1. The van der Waals surface area contributed by atoms with Crippen molar-refractivity contribution in [1.29, 1.82) is 0 Å². The molecule has 5 heteroatoms. The molecule has 134 valence electrons. The Morgan fingerprint density at radius 2 is 2.04 bits per heavy atom. The Labute approximate surface area is 153 Å². The molecule has 0 atom stereocenters. The maximum Gasteiger partial charge on any atom is 0.248 e. The zero-order valence-electron chi connectivity index (χ0n) is 15.3. The molecule has 3 rings (SSSR count). The van der Waals surface area contributed by atoms with Crippen LogP contribution in [0.5, 0.6) is 0 Å². The molecule has 2 heterocycles. The highest BCUT2D eigenvalue weighted by Gasteiger charge is 2.09. The number of hydrogen-bond donors (Lipinski definition) is 1. The minimum Gasteiger partial charge on any atom is -0.465 e. The predicted molar refractivity (Wildman–Crippen MR) is 106 cm³/mol. The lowest BCUT2D eigenvalue weighted by molar-refractivity contribution is -0.111. The Kier molecular flexibility index (Phi) is 5.37. The van der Waals surface area contributed by atoms with Gasteiger partial charge < -0.3 is 14.6 Å². The Morgan fingerprint density at radius 3 is 2.73 bits per heavy atom. The smallest absolute Gasteiger partial charge is 0.248 e. The lowest BCUT2D eigenvalue weighted by Crippen LogP contribution is -2.23. The molecular weight excluding hydrogens is 326 g/mol. The van der Waals surface area contributed by atoms with Gasteiger partial charge >= 0.3 is 0 Å². The van der Waals surface area contributed by atoms with Gasteiger partial charge in [-0.3, -0.25) is 4.79 Å². The fourth-order valence-corrected chi connectivity index (χ4v) is 2.89. The monoisotopic (exact) mass is 349 g/mol. The molecule has 1 aromatic carbocycles. The van der Waals surface area contributed by atoms with Gasteiger partial charge in [0.25, 0.3) is 0 Å². The summed E-state index contributed by atoms with van der Waals surface area (Å²) in [4.78, 5) is 19.1. The zero-order valence-corrected chi connectivity index (χ0v) is 15.3. The van der Waals surface area contributed by atoms with Crippen LogP contribution in [0.3, 0.4) is 0 Å². The average molecular weight is 349 g/mol. The maximum absolute atomic E-state index is 12.1. The van der Waals surface area contributed by atoms with Gasteiger partial charge in [0.1, 0.15) is 11.6 Å². The van der Waals surface area contributed by atoms with Crippen LogP contribution in [0.4, 0.5) is 11.5 Å². The van der Waals surface area contributed by atoms with E-state index in [0.717, 1.165) is 41.1 Å². The molecule has 5 nitrogen and oxygen atoms in total. The molecule has 0 aliphatic rings. The number of amides is 1. The number of pyridine rings is 1. The molecule has 0 saturated heterocycles. The summed E-state index contributed by atoms with van der Waals surface area (Å²) in [5, 5.41) is 3.91. The number of carbonyl (C=O) groups excluding carboxylic acids is 1. The van der Waals surface area contributed by atoms with E-state index in [1.54, 1.807) is 24.5 Å². The van der Waals surface area contributed by atoms with Crippen molar-refractivity contribution in [2.24, 2.45) is 0 Å². The van der Waals surface area contributed by atoms with Crippen molar-refractivity contribution in [3.8, 4) is 0 Å². The van der Waals surface area contributed by atoms with Gasteiger partial charge in [0.2, 0.25) is 5.91 Å². The Balaban J connectivity index is 1.81. The van der Waals surface area contributed by atoms with Crippen molar-refractivity contribution < 1.29 is 9.21 Å². The first-order chi connectivity index (χ1) is 12.6. The van der Waals surface area contributed by atoms with Crippen molar-refractivity contribution in [3.05, 3.63) is 60.1 Å². The summed E-state index contributed by atoms with van der Waals surface area (Å²) in [6, 6.07) is 11.5. The lowest BCUT2D eigenvalue weighted by atomic mass is 10.1. The van der Waals surface area contributed by atoms with Crippen LogP contribution in [0.2, 0.25) is 0 Å². The molecule has 2 aromatic heterocycles. The lowest BCUT2D eigenvalue weighted by Gasteiger charge is -2.21. The van der Waals surface area contributed by atoms with E-state index in [4.69, 9.17) is 9.40 Å². The van der Waals surface area contributed by atoms with Crippen LogP contribution in [0.25, 0.3) is 17.0 Å². The third-order valence-corrected chi connectivity index (χ3v) is 4.30. The van der Waals surface area contributed by atoms with E-state index in [1.807, 2.05) is 18.2 Å². The summed E-state index contributed by atoms with van der Waals surface area (Å²) < 4.78 is 5.18. The standard InChI is InChI=1S/C21H23N3O2/c1-4-24(5-2)20-13-15(3)18-14-16(8-10-19(18)23-20)22-21(25)11-9-17-7-6-12-26-17/h6-14H,4-5H2,1-3H3,(H,22,25). The second kappa shape index (κ2) is 7.87. The van der Waals surface area contributed by atoms with Crippen molar-refractivity contribution in [3.63, 3.8) is 0 Å². The van der Waals surface area contributed by atoms with Crippen LogP contribution < -0.4 is 10.2 Å². The van der Waals surface area contributed by atoms with Gasteiger partial charge in [-0.15, -0.1) is 0 Å². The molecule has 0 saturated carbocycles. The Morgan fingerprint density at radius 1 is 1.23 bits per heavy atom. The van der Waals surface area contributed by atoms with Gasteiger partial charge in [0.15, 0.2) is 0 Å². The summed E-state index contributed by atoms with van der Waals surface area (Å²) in [6.45, 7) is 8.16. The fraction of sp³-hybridized carbons (Fsp3) is 0.238. The number of rotatable bonds is 6. The zero-order chi connectivity index (χ0) is 18.5. The van der Waals surface area contributed by atoms with Gasteiger partial charge in [0, 0.05) is 30.2 Å². The van der Waals surface area contributed by atoms with Crippen molar-refractivity contribution in [2.45, 2.75) is 20.8 Å². The number of anilines is 2. The minimum atomic E-state index is -0.203. The summed E-state index contributed by atoms with van der Waals surface area (Å²) in [5.74, 6) is 1.42. The molecule has 0 radical (unpaired) electrons. The van der Waals surface area contributed by atoms with Gasteiger partial charge in [0.05, 0.1) is 11.8 Å². The van der Waals surface area contributed by atoms with Gasteiger partial charge in [-0.1, -0.05) is 0 Å². The molecule has 0 fully saturated rings. The van der Waals surface area contributed by atoms with Gasteiger partial charge in [-0.05, 0) is 68.8 Å². The molecule has 1 N–H and O–H groups in total. The number of carbonyl (C=O) groups is 1. The first-order valence-electron chi connectivity index (χ1n) is 8.79. The Hall–Kier alpha value is -3.08. The predicted octanol–water partition coefficient (Wildman–Crippen LogP) is 4.63. The van der Waals surface area contributed by atoms with E-state index >= 15 is 0 Å². The molecule has 0 bridgehead atoms. The van der Waals surface area contributed by atoms with Crippen LogP contribution in [-0.2, 0) is 4.79 Å². The van der Waals surface area contributed by atoms with E-state index in [9.17, 15) is 4.79 Å².